The van der Waals surface area contributed by atoms with Crippen molar-refractivity contribution in [3.05, 3.63) is 0 Å². The molecular formula is C14H26N2. The van der Waals surface area contributed by atoms with Crippen LogP contribution >= 0.6 is 0 Å². The first-order valence-corrected chi connectivity index (χ1v) is 7.30. The minimum atomic E-state index is 0.835. The smallest absolute Gasteiger partial charge is 0.0110 e. The third-order valence-corrected chi connectivity index (χ3v) is 5.23. The van der Waals surface area contributed by atoms with Crippen molar-refractivity contribution in [3.8, 4) is 0 Å². The second-order valence-electron chi connectivity index (χ2n) is 6.26. The number of nitrogens with zero attached hydrogens (tertiary/aromatic N) is 1. The fourth-order valence-corrected chi connectivity index (χ4v) is 4.21. The predicted octanol–water partition coefficient (Wildman–Crippen LogP) is 2.25. The second kappa shape index (κ2) is 4.66. The molecule has 3 aliphatic rings. The van der Waals surface area contributed by atoms with Crippen LogP contribution < -0.4 is 5.32 Å². The van der Waals surface area contributed by atoms with Gasteiger partial charge in [-0.2, -0.15) is 0 Å². The molecule has 2 aliphatic carbocycles. The van der Waals surface area contributed by atoms with Gasteiger partial charge in [-0.25, -0.2) is 0 Å². The van der Waals surface area contributed by atoms with E-state index in [2.05, 4.69) is 17.1 Å². The molecule has 0 aromatic rings. The van der Waals surface area contributed by atoms with Gasteiger partial charge in [-0.05, 0) is 57.4 Å². The Hall–Kier alpha value is -0.0800. The molecule has 1 N–H and O–H groups in total. The summed E-state index contributed by atoms with van der Waals surface area (Å²) in [5.74, 6) is 2.11. The van der Waals surface area contributed by atoms with Crippen LogP contribution in [0.2, 0.25) is 0 Å². The first-order valence-electron chi connectivity index (χ1n) is 7.30. The fraction of sp³-hybridized carbons (Fsp3) is 1.00. The highest BCUT2D eigenvalue weighted by Crippen LogP contribution is 2.44. The van der Waals surface area contributed by atoms with Crippen molar-refractivity contribution in [2.75, 3.05) is 19.6 Å². The van der Waals surface area contributed by atoms with E-state index in [0.29, 0.717) is 0 Å². The van der Waals surface area contributed by atoms with Gasteiger partial charge in [0.2, 0.25) is 0 Å². The summed E-state index contributed by atoms with van der Waals surface area (Å²) in [5.41, 5.74) is 0. The van der Waals surface area contributed by atoms with E-state index in [-0.39, 0.29) is 0 Å². The average molecular weight is 222 g/mol. The highest BCUT2D eigenvalue weighted by molar-refractivity contribution is 4.94. The summed E-state index contributed by atoms with van der Waals surface area (Å²) in [6.45, 7) is 6.21. The van der Waals surface area contributed by atoms with E-state index in [1.54, 1.807) is 0 Å². The standard InChI is InChI=1S/C14H26N2/c1-11-3-2-7-16(11)8-6-15-14-10-12-4-5-13(14)9-12/h11-15H,2-10H2,1H3. The third kappa shape index (κ3) is 2.14. The second-order valence-corrected chi connectivity index (χ2v) is 6.26. The van der Waals surface area contributed by atoms with Crippen LogP contribution in [0.15, 0.2) is 0 Å². The Morgan fingerprint density at radius 3 is 2.75 bits per heavy atom. The Labute approximate surface area is 99.8 Å². The van der Waals surface area contributed by atoms with Gasteiger partial charge in [0.15, 0.2) is 0 Å². The van der Waals surface area contributed by atoms with Crippen LogP contribution in [0.25, 0.3) is 0 Å². The molecule has 2 bridgehead atoms. The lowest BCUT2D eigenvalue weighted by Gasteiger charge is -2.26. The Kier molecular flexibility index (Phi) is 3.21. The molecule has 0 aromatic heterocycles. The first-order chi connectivity index (χ1) is 7.83. The van der Waals surface area contributed by atoms with E-state index in [9.17, 15) is 0 Å². The number of fused-ring (bicyclic) bond motifs is 2. The molecule has 1 aliphatic heterocycles. The Balaban J connectivity index is 1.37. The van der Waals surface area contributed by atoms with Gasteiger partial charge in [-0.3, -0.25) is 4.90 Å². The lowest BCUT2D eigenvalue weighted by atomic mass is 9.95. The summed E-state index contributed by atoms with van der Waals surface area (Å²) in [6.07, 6.45) is 8.84. The van der Waals surface area contributed by atoms with Crippen molar-refractivity contribution in [2.24, 2.45) is 11.8 Å². The van der Waals surface area contributed by atoms with E-state index < -0.39 is 0 Å². The predicted molar refractivity (Wildman–Crippen MR) is 67.5 cm³/mol. The highest BCUT2D eigenvalue weighted by Gasteiger charge is 2.38. The maximum Gasteiger partial charge on any atom is 0.0110 e. The Morgan fingerprint density at radius 1 is 1.19 bits per heavy atom. The van der Waals surface area contributed by atoms with Crippen molar-refractivity contribution in [3.63, 3.8) is 0 Å². The van der Waals surface area contributed by atoms with E-state index in [1.165, 1.54) is 58.2 Å². The van der Waals surface area contributed by atoms with Crippen LogP contribution in [-0.2, 0) is 0 Å². The van der Waals surface area contributed by atoms with Gasteiger partial charge in [0.05, 0.1) is 0 Å². The molecule has 0 amide bonds. The molecule has 92 valence electrons. The van der Waals surface area contributed by atoms with E-state index in [4.69, 9.17) is 0 Å². The molecule has 3 fully saturated rings. The van der Waals surface area contributed by atoms with Crippen LogP contribution in [0.1, 0.15) is 45.4 Å². The number of likely N-dealkylation sites (tertiary alicyclic amines) is 1. The van der Waals surface area contributed by atoms with Crippen molar-refractivity contribution < 1.29 is 0 Å². The van der Waals surface area contributed by atoms with E-state index >= 15 is 0 Å². The Bertz CT molecular complexity index is 241. The number of hydrogen-bond donors (Lipinski definition) is 1. The lowest BCUT2D eigenvalue weighted by Crippen LogP contribution is -2.40. The molecule has 2 saturated carbocycles. The molecule has 0 radical (unpaired) electrons. The number of hydrogen-bond acceptors (Lipinski definition) is 2. The minimum absolute atomic E-state index is 0.835. The van der Waals surface area contributed by atoms with Crippen molar-refractivity contribution in [1.29, 1.82) is 0 Å². The van der Waals surface area contributed by atoms with Crippen LogP contribution in [-0.4, -0.2) is 36.6 Å². The van der Waals surface area contributed by atoms with Gasteiger partial charge in [0.1, 0.15) is 0 Å². The van der Waals surface area contributed by atoms with E-state index in [1.807, 2.05) is 0 Å². The number of rotatable bonds is 4. The van der Waals surface area contributed by atoms with Crippen LogP contribution in [0.5, 0.6) is 0 Å². The lowest BCUT2D eigenvalue weighted by molar-refractivity contribution is 0.254. The van der Waals surface area contributed by atoms with Crippen molar-refractivity contribution in [1.82, 2.24) is 10.2 Å². The summed E-state index contributed by atoms with van der Waals surface area (Å²) in [6, 6.07) is 1.71. The zero-order chi connectivity index (χ0) is 11.0. The normalized spacial score (nSPS) is 43.3. The minimum Gasteiger partial charge on any atom is -0.312 e. The fourth-order valence-electron chi connectivity index (χ4n) is 4.21. The zero-order valence-corrected chi connectivity index (χ0v) is 10.6. The molecule has 4 atom stereocenters. The summed E-state index contributed by atoms with van der Waals surface area (Å²) >= 11 is 0. The average Bonchev–Trinajstić information content (AvgIpc) is 2.96. The molecule has 4 unspecified atom stereocenters. The Morgan fingerprint density at radius 2 is 2.12 bits per heavy atom. The largest absolute Gasteiger partial charge is 0.312 e. The molecule has 0 spiro atoms. The quantitative estimate of drug-likeness (QED) is 0.785. The van der Waals surface area contributed by atoms with Crippen molar-refractivity contribution >= 4 is 0 Å². The van der Waals surface area contributed by atoms with Gasteiger partial charge in [0.25, 0.3) is 0 Å². The van der Waals surface area contributed by atoms with Gasteiger partial charge in [0, 0.05) is 25.2 Å². The van der Waals surface area contributed by atoms with Gasteiger partial charge in [-0.15, -0.1) is 0 Å². The van der Waals surface area contributed by atoms with Crippen molar-refractivity contribution in [2.45, 2.75) is 57.5 Å². The van der Waals surface area contributed by atoms with Gasteiger partial charge < -0.3 is 5.32 Å². The molecule has 0 aromatic carbocycles. The SMILES string of the molecule is CC1CCCN1CCNC1CC2CCC1C2. The summed E-state index contributed by atoms with van der Waals surface area (Å²) in [5, 5.41) is 3.82. The number of nitrogens with one attached hydrogen (secondary N) is 1. The van der Waals surface area contributed by atoms with Crippen LogP contribution in [0, 0.1) is 11.8 Å². The summed E-state index contributed by atoms with van der Waals surface area (Å²) in [4.78, 5) is 2.65. The molecule has 2 nitrogen and oxygen atoms in total. The van der Waals surface area contributed by atoms with Crippen LogP contribution in [0.3, 0.4) is 0 Å². The van der Waals surface area contributed by atoms with Crippen LogP contribution in [0.4, 0.5) is 0 Å². The summed E-state index contributed by atoms with van der Waals surface area (Å²) in [7, 11) is 0. The molecular weight excluding hydrogens is 196 g/mol. The highest BCUT2D eigenvalue weighted by atomic mass is 15.2. The third-order valence-electron chi connectivity index (χ3n) is 5.23. The first kappa shape index (κ1) is 11.0. The molecule has 2 heteroatoms. The maximum atomic E-state index is 3.82. The molecule has 16 heavy (non-hydrogen) atoms. The molecule has 1 heterocycles. The zero-order valence-electron chi connectivity index (χ0n) is 10.6. The van der Waals surface area contributed by atoms with Gasteiger partial charge >= 0.3 is 0 Å². The molecule has 1 saturated heterocycles. The topological polar surface area (TPSA) is 15.3 Å². The summed E-state index contributed by atoms with van der Waals surface area (Å²) < 4.78 is 0. The maximum absolute atomic E-state index is 3.82. The van der Waals surface area contributed by atoms with E-state index in [0.717, 1.165) is 23.9 Å². The monoisotopic (exact) mass is 222 g/mol. The molecule has 3 rings (SSSR count). The van der Waals surface area contributed by atoms with Gasteiger partial charge in [-0.1, -0.05) is 6.42 Å².